The number of hydrogen-bond donors (Lipinski definition) is 1. The molecule has 0 aliphatic rings. The lowest BCUT2D eigenvalue weighted by Gasteiger charge is -2.21. The summed E-state index contributed by atoms with van der Waals surface area (Å²) in [6.45, 7) is 1.18. The number of nitrogens with zero attached hydrogens (tertiary/aromatic N) is 3. The molecule has 1 aromatic heterocycles. The van der Waals surface area contributed by atoms with E-state index in [-0.39, 0.29) is 12.5 Å². The van der Waals surface area contributed by atoms with Gasteiger partial charge in [-0.3, -0.25) is 4.79 Å². The molecule has 9 heteroatoms. The molecule has 1 amide bonds. The van der Waals surface area contributed by atoms with Gasteiger partial charge in [0.25, 0.3) is 0 Å². The molecule has 5 nitrogen and oxygen atoms in total. The van der Waals surface area contributed by atoms with Crippen LogP contribution in [0.15, 0.2) is 72.8 Å². The van der Waals surface area contributed by atoms with Gasteiger partial charge < -0.3 is 10.2 Å². The van der Waals surface area contributed by atoms with Crippen molar-refractivity contribution in [2.75, 3.05) is 18.0 Å². The van der Waals surface area contributed by atoms with Gasteiger partial charge in [0, 0.05) is 46.1 Å². The number of carbonyl (C=O) groups excluding carboxylic acids is 1. The van der Waals surface area contributed by atoms with Crippen molar-refractivity contribution in [3.63, 3.8) is 0 Å². The van der Waals surface area contributed by atoms with Gasteiger partial charge in [-0.05, 0) is 47.4 Å². The summed E-state index contributed by atoms with van der Waals surface area (Å²) in [5.74, 6) is 0.614. The third-order valence-electron chi connectivity index (χ3n) is 5.29. The van der Waals surface area contributed by atoms with E-state index >= 15 is 0 Å². The van der Waals surface area contributed by atoms with Crippen LogP contribution in [0.3, 0.4) is 0 Å². The van der Waals surface area contributed by atoms with E-state index in [1.807, 2.05) is 65.6 Å². The lowest BCUT2D eigenvalue weighted by atomic mass is 10.1. The Kier molecular flexibility index (Phi) is 8.99. The maximum atomic E-state index is 12.8. The third kappa shape index (κ3) is 7.67. The highest BCUT2D eigenvalue weighted by atomic mass is 35.5. The Morgan fingerprint density at radius 2 is 1.66 bits per heavy atom. The number of amides is 1. The van der Waals surface area contributed by atoms with Gasteiger partial charge in [0.15, 0.2) is 0 Å². The van der Waals surface area contributed by atoms with Crippen LogP contribution >= 0.6 is 46.3 Å². The van der Waals surface area contributed by atoms with Crippen LogP contribution in [0.2, 0.25) is 15.1 Å². The van der Waals surface area contributed by atoms with Crippen molar-refractivity contribution in [1.29, 1.82) is 0 Å². The normalized spacial score (nSPS) is 10.8. The van der Waals surface area contributed by atoms with E-state index in [9.17, 15) is 4.79 Å². The van der Waals surface area contributed by atoms with Crippen molar-refractivity contribution in [2.45, 2.75) is 19.4 Å². The lowest BCUT2D eigenvalue weighted by Crippen LogP contribution is -2.37. The molecule has 0 aliphatic carbocycles. The SMILES string of the molecule is O=C(CN(Cc1ccccc1)c1nc(Cc2ccc(Cl)cc2)ns1)NCCc1ccc(Cl)cc1Cl. The van der Waals surface area contributed by atoms with Crippen molar-refractivity contribution < 1.29 is 4.79 Å². The molecule has 1 N–H and O–H groups in total. The first-order valence-corrected chi connectivity index (χ1v) is 12.9. The summed E-state index contributed by atoms with van der Waals surface area (Å²) in [6, 6.07) is 23.0. The fraction of sp³-hybridized carbons (Fsp3) is 0.192. The molecule has 0 fully saturated rings. The number of nitrogens with one attached hydrogen (secondary N) is 1. The molecule has 1 heterocycles. The zero-order chi connectivity index (χ0) is 24.6. The van der Waals surface area contributed by atoms with Crippen LogP contribution in [0.5, 0.6) is 0 Å². The Morgan fingerprint density at radius 1 is 0.914 bits per heavy atom. The van der Waals surface area contributed by atoms with E-state index in [1.54, 1.807) is 12.1 Å². The lowest BCUT2D eigenvalue weighted by molar-refractivity contribution is -0.119. The topological polar surface area (TPSA) is 58.1 Å². The predicted octanol–water partition coefficient (Wildman–Crippen LogP) is 6.45. The first-order chi connectivity index (χ1) is 17.0. The van der Waals surface area contributed by atoms with Crippen molar-refractivity contribution in [1.82, 2.24) is 14.7 Å². The van der Waals surface area contributed by atoms with E-state index in [4.69, 9.17) is 39.8 Å². The average Bonchev–Trinajstić information content (AvgIpc) is 3.31. The van der Waals surface area contributed by atoms with Crippen molar-refractivity contribution in [2.24, 2.45) is 0 Å². The maximum absolute atomic E-state index is 12.8. The van der Waals surface area contributed by atoms with Gasteiger partial charge in [0.05, 0.1) is 6.54 Å². The molecule has 180 valence electrons. The molecule has 0 aliphatic heterocycles. The number of aromatic nitrogens is 2. The molecule has 0 spiro atoms. The quantitative estimate of drug-likeness (QED) is 0.249. The highest BCUT2D eigenvalue weighted by Crippen LogP contribution is 2.23. The number of anilines is 1. The summed E-state index contributed by atoms with van der Waals surface area (Å²) in [5, 5.41) is 5.57. The van der Waals surface area contributed by atoms with Crippen LogP contribution in [0.4, 0.5) is 5.13 Å². The highest BCUT2D eigenvalue weighted by molar-refractivity contribution is 7.09. The molecular weight excluding hydrogens is 523 g/mol. The zero-order valence-electron chi connectivity index (χ0n) is 18.8. The summed E-state index contributed by atoms with van der Waals surface area (Å²) in [6.07, 6.45) is 1.21. The molecule has 3 aromatic carbocycles. The predicted molar refractivity (Wildman–Crippen MR) is 145 cm³/mol. The molecular formula is C26H23Cl3N4OS. The standard InChI is InChI=1S/C26H23Cl3N4OS/c27-21-9-6-18(7-10-21)14-24-31-26(35-32-24)33(16-19-4-2-1-3-5-19)17-25(34)30-13-12-20-8-11-22(28)15-23(20)29/h1-11,15H,12-14,16-17H2,(H,30,34). The minimum atomic E-state index is -0.0968. The second-order valence-electron chi connectivity index (χ2n) is 7.97. The Morgan fingerprint density at radius 3 is 2.40 bits per heavy atom. The van der Waals surface area contributed by atoms with Crippen molar-refractivity contribution >= 4 is 57.4 Å². The first kappa shape index (κ1) is 25.5. The van der Waals surface area contributed by atoms with E-state index < -0.39 is 0 Å². The number of carbonyl (C=O) groups is 1. The second kappa shape index (κ2) is 12.4. The third-order valence-corrected chi connectivity index (χ3v) is 6.94. The fourth-order valence-corrected chi connectivity index (χ4v) is 4.83. The van der Waals surface area contributed by atoms with Crippen LogP contribution in [-0.4, -0.2) is 28.4 Å². The minimum absolute atomic E-state index is 0.0968. The smallest absolute Gasteiger partial charge is 0.239 e. The van der Waals surface area contributed by atoms with Gasteiger partial charge >= 0.3 is 0 Å². The number of rotatable bonds is 10. The monoisotopic (exact) mass is 544 g/mol. The van der Waals surface area contributed by atoms with Crippen LogP contribution in [0, 0.1) is 0 Å². The zero-order valence-corrected chi connectivity index (χ0v) is 21.8. The van der Waals surface area contributed by atoms with Gasteiger partial charge in [0.1, 0.15) is 5.82 Å². The summed E-state index contributed by atoms with van der Waals surface area (Å²) < 4.78 is 4.52. The Balaban J connectivity index is 1.41. The Labute approximate surface area is 223 Å². The summed E-state index contributed by atoms with van der Waals surface area (Å²) >= 11 is 19.5. The number of halogens is 3. The van der Waals surface area contributed by atoms with Crippen molar-refractivity contribution in [3.05, 3.63) is 110 Å². The molecule has 35 heavy (non-hydrogen) atoms. The average molecular weight is 546 g/mol. The van der Waals surface area contributed by atoms with E-state index in [1.165, 1.54) is 11.5 Å². The Hall–Kier alpha value is -2.64. The summed E-state index contributed by atoms with van der Waals surface area (Å²) in [7, 11) is 0. The van der Waals surface area contributed by atoms with Gasteiger partial charge in [-0.25, -0.2) is 4.98 Å². The largest absolute Gasteiger partial charge is 0.354 e. The van der Waals surface area contributed by atoms with Crippen LogP contribution in [0.1, 0.15) is 22.5 Å². The highest BCUT2D eigenvalue weighted by Gasteiger charge is 2.17. The molecule has 0 atom stereocenters. The van der Waals surface area contributed by atoms with Gasteiger partial charge in [-0.1, -0.05) is 83.3 Å². The number of hydrogen-bond acceptors (Lipinski definition) is 5. The minimum Gasteiger partial charge on any atom is -0.354 e. The van der Waals surface area contributed by atoms with Crippen molar-refractivity contribution in [3.8, 4) is 0 Å². The molecule has 0 bridgehead atoms. The summed E-state index contributed by atoms with van der Waals surface area (Å²) in [4.78, 5) is 19.5. The van der Waals surface area contributed by atoms with Gasteiger partial charge in [-0.15, -0.1) is 0 Å². The molecule has 0 radical (unpaired) electrons. The van der Waals surface area contributed by atoms with Crippen LogP contribution < -0.4 is 10.2 Å². The molecule has 0 unspecified atom stereocenters. The summed E-state index contributed by atoms with van der Waals surface area (Å²) in [5.41, 5.74) is 3.10. The second-order valence-corrected chi connectivity index (χ2v) is 9.98. The first-order valence-electron chi connectivity index (χ1n) is 11.0. The fourth-order valence-electron chi connectivity index (χ4n) is 3.52. The van der Waals surface area contributed by atoms with Gasteiger partial charge in [-0.2, -0.15) is 4.37 Å². The molecule has 0 saturated carbocycles. The molecule has 0 saturated heterocycles. The van der Waals surface area contributed by atoms with Crippen LogP contribution in [-0.2, 0) is 24.2 Å². The maximum Gasteiger partial charge on any atom is 0.239 e. The molecule has 4 rings (SSSR count). The van der Waals surface area contributed by atoms with Gasteiger partial charge in [0.2, 0.25) is 11.0 Å². The van der Waals surface area contributed by atoms with Crippen LogP contribution in [0.25, 0.3) is 0 Å². The van der Waals surface area contributed by atoms with E-state index in [0.717, 1.165) is 16.7 Å². The van der Waals surface area contributed by atoms with E-state index in [0.29, 0.717) is 52.0 Å². The number of benzene rings is 3. The van der Waals surface area contributed by atoms with E-state index in [2.05, 4.69) is 9.69 Å². The Bertz CT molecular complexity index is 1270. The molecule has 4 aromatic rings.